The van der Waals surface area contributed by atoms with E-state index >= 15 is 0 Å². The van der Waals surface area contributed by atoms with Crippen molar-refractivity contribution in [3.63, 3.8) is 0 Å². The van der Waals surface area contributed by atoms with Crippen molar-refractivity contribution in [2.75, 3.05) is 18.0 Å². The van der Waals surface area contributed by atoms with E-state index in [1.54, 1.807) is 17.2 Å². The van der Waals surface area contributed by atoms with Gasteiger partial charge < -0.3 is 10.2 Å². The molecule has 1 saturated heterocycles. The Morgan fingerprint density at radius 1 is 1.44 bits per heavy atom. The van der Waals surface area contributed by atoms with Crippen LogP contribution in [-0.2, 0) is 9.59 Å². The maximum Gasteiger partial charge on any atom is 0.246 e. The van der Waals surface area contributed by atoms with Gasteiger partial charge in [0.2, 0.25) is 11.8 Å². The molecule has 0 bridgehead atoms. The minimum atomic E-state index is -0.0954. The molecule has 2 rings (SSSR count). The van der Waals surface area contributed by atoms with Crippen LogP contribution in [0.2, 0.25) is 0 Å². The van der Waals surface area contributed by atoms with E-state index in [4.69, 9.17) is 0 Å². The van der Waals surface area contributed by atoms with Crippen LogP contribution in [0.1, 0.15) is 12.1 Å². The van der Waals surface area contributed by atoms with Crippen molar-refractivity contribution in [3.8, 4) is 0 Å². The highest BCUT2D eigenvalue weighted by Gasteiger charge is 2.22. The maximum absolute atomic E-state index is 11.8. The van der Waals surface area contributed by atoms with Crippen LogP contribution in [0, 0.1) is 6.92 Å². The number of hydrogen-bond acceptors (Lipinski definition) is 3. The van der Waals surface area contributed by atoms with E-state index in [0.29, 0.717) is 13.0 Å². The van der Waals surface area contributed by atoms with E-state index in [-0.39, 0.29) is 18.4 Å². The SMILES string of the molecule is Cc1ncccc1N1CCC(=O)NCC1=O. The Morgan fingerprint density at radius 3 is 3.00 bits per heavy atom. The summed E-state index contributed by atoms with van der Waals surface area (Å²) in [5, 5.41) is 2.56. The second kappa shape index (κ2) is 4.30. The smallest absolute Gasteiger partial charge is 0.246 e. The van der Waals surface area contributed by atoms with Gasteiger partial charge in [-0.2, -0.15) is 0 Å². The summed E-state index contributed by atoms with van der Waals surface area (Å²) in [4.78, 5) is 28.7. The second-order valence-electron chi connectivity index (χ2n) is 3.68. The summed E-state index contributed by atoms with van der Waals surface area (Å²) in [6.07, 6.45) is 2.02. The van der Waals surface area contributed by atoms with Gasteiger partial charge in [0.05, 0.1) is 17.9 Å². The molecule has 1 aromatic rings. The Balaban J connectivity index is 2.29. The van der Waals surface area contributed by atoms with E-state index < -0.39 is 0 Å². The molecule has 16 heavy (non-hydrogen) atoms. The molecule has 1 N–H and O–H groups in total. The Hall–Kier alpha value is -1.91. The number of carbonyl (C=O) groups is 2. The van der Waals surface area contributed by atoms with E-state index in [1.165, 1.54) is 0 Å². The summed E-state index contributed by atoms with van der Waals surface area (Å²) in [5.41, 5.74) is 1.58. The van der Waals surface area contributed by atoms with Gasteiger partial charge in [-0.1, -0.05) is 0 Å². The normalized spacial score (nSPS) is 16.9. The van der Waals surface area contributed by atoms with Crippen molar-refractivity contribution < 1.29 is 9.59 Å². The molecule has 5 nitrogen and oxygen atoms in total. The molecule has 2 amide bonds. The van der Waals surface area contributed by atoms with E-state index in [2.05, 4.69) is 10.3 Å². The number of anilines is 1. The molecule has 0 saturated carbocycles. The monoisotopic (exact) mass is 219 g/mol. The van der Waals surface area contributed by atoms with Crippen molar-refractivity contribution in [2.45, 2.75) is 13.3 Å². The van der Waals surface area contributed by atoms with Gasteiger partial charge in [0, 0.05) is 19.2 Å². The van der Waals surface area contributed by atoms with Gasteiger partial charge in [0.1, 0.15) is 0 Å². The summed E-state index contributed by atoms with van der Waals surface area (Å²) in [7, 11) is 0. The fourth-order valence-electron chi connectivity index (χ4n) is 1.71. The summed E-state index contributed by atoms with van der Waals surface area (Å²) in [6.45, 7) is 2.33. The third kappa shape index (κ3) is 2.03. The van der Waals surface area contributed by atoms with Gasteiger partial charge in [0.15, 0.2) is 0 Å². The molecular weight excluding hydrogens is 206 g/mol. The highest BCUT2D eigenvalue weighted by Crippen LogP contribution is 2.18. The number of nitrogens with zero attached hydrogens (tertiary/aromatic N) is 2. The van der Waals surface area contributed by atoms with Crippen LogP contribution in [0.15, 0.2) is 18.3 Å². The van der Waals surface area contributed by atoms with Crippen LogP contribution >= 0.6 is 0 Å². The molecule has 1 fully saturated rings. The van der Waals surface area contributed by atoms with Gasteiger partial charge in [-0.05, 0) is 19.1 Å². The number of amides is 2. The Morgan fingerprint density at radius 2 is 2.25 bits per heavy atom. The molecule has 1 aliphatic rings. The number of rotatable bonds is 1. The van der Waals surface area contributed by atoms with Crippen molar-refractivity contribution in [1.82, 2.24) is 10.3 Å². The van der Waals surface area contributed by atoms with E-state index in [9.17, 15) is 9.59 Å². The van der Waals surface area contributed by atoms with Crippen LogP contribution in [0.25, 0.3) is 0 Å². The molecule has 84 valence electrons. The standard InChI is InChI=1S/C11H13N3O2/c1-8-9(3-2-5-12-8)14-6-4-10(15)13-7-11(14)16/h2-3,5H,4,6-7H2,1H3,(H,13,15). The zero-order valence-corrected chi connectivity index (χ0v) is 9.06. The molecule has 0 radical (unpaired) electrons. The average Bonchev–Trinajstić information content (AvgIpc) is 2.43. The Labute approximate surface area is 93.5 Å². The fraction of sp³-hybridized carbons (Fsp3) is 0.364. The van der Waals surface area contributed by atoms with Gasteiger partial charge in [0.25, 0.3) is 0 Å². The minimum absolute atomic E-state index is 0.0627. The molecule has 0 aromatic carbocycles. The van der Waals surface area contributed by atoms with Crippen molar-refractivity contribution >= 4 is 17.5 Å². The van der Waals surface area contributed by atoms with Gasteiger partial charge in [-0.3, -0.25) is 14.6 Å². The van der Waals surface area contributed by atoms with Crippen LogP contribution in [0.4, 0.5) is 5.69 Å². The first-order valence-electron chi connectivity index (χ1n) is 5.17. The molecule has 0 unspecified atom stereocenters. The lowest BCUT2D eigenvalue weighted by atomic mass is 10.2. The number of carbonyl (C=O) groups excluding carboxylic acids is 2. The lowest BCUT2D eigenvalue weighted by Gasteiger charge is -2.20. The number of pyridine rings is 1. The van der Waals surface area contributed by atoms with Gasteiger partial charge in [-0.15, -0.1) is 0 Å². The first-order chi connectivity index (χ1) is 7.68. The third-order valence-corrected chi connectivity index (χ3v) is 2.57. The first-order valence-corrected chi connectivity index (χ1v) is 5.17. The zero-order chi connectivity index (χ0) is 11.5. The molecule has 1 aliphatic heterocycles. The molecule has 5 heteroatoms. The lowest BCUT2D eigenvalue weighted by molar-refractivity contribution is -0.123. The second-order valence-corrected chi connectivity index (χ2v) is 3.68. The topological polar surface area (TPSA) is 62.3 Å². The van der Waals surface area contributed by atoms with Crippen LogP contribution in [-0.4, -0.2) is 29.9 Å². The van der Waals surface area contributed by atoms with Crippen LogP contribution < -0.4 is 10.2 Å². The van der Waals surface area contributed by atoms with Crippen molar-refractivity contribution in [1.29, 1.82) is 0 Å². The largest absolute Gasteiger partial charge is 0.347 e. The predicted octanol–water partition coefficient (Wildman–Crippen LogP) is 0.243. The molecule has 1 aromatic heterocycles. The maximum atomic E-state index is 11.8. The van der Waals surface area contributed by atoms with E-state index in [1.807, 2.05) is 13.0 Å². The Bertz CT molecular complexity index is 431. The highest BCUT2D eigenvalue weighted by atomic mass is 16.2. The number of aryl methyl sites for hydroxylation is 1. The van der Waals surface area contributed by atoms with Crippen molar-refractivity contribution in [3.05, 3.63) is 24.0 Å². The van der Waals surface area contributed by atoms with E-state index in [0.717, 1.165) is 11.4 Å². The van der Waals surface area contributed by atoms with Gasteiger partial charge in [-0.25, -0.2) is 0 Å². The fourth-order valence-corrected chi connectivity index (χ4v) is 1.71. The first kappa shape index (κ1) is 10.6. The summed E-state index contributed by atoms with van der Waals surface area (Å²) >= 11 is 0. The quantitative estimate of drug-likeness (QED) is 0.736. The average molecular weight is 219 g/mol. The summed E-state index contributed by atoms with van der Waals surface area (Å²) < 4.78 is 0. The molecule has 0 atom stereocenters. The highest BCUT2D eigenvalue weighted by molar-refractivity contribution is 5.99. The van der Waals surface area contributed by atoms with Crippen molar-refractivity contribution in [2.24, 2.45) is 0 Å². The number of hydrogen-bond donors (Lipinski definition) is 1. The molecule has 2 heterocycles. The molecule has 0 aliphatic carbocycles. The minimum Gasteiger partial charge on any atom is -0.347 e. The third-order valence-electron chi connectivity index (χ3n) is 2.57. The lowest BCUT2D eigenvalue weighted by Crippen LogP contribution is -2.35. The summed E-state index contributed by atoms with van der Waals surface area (Å²) in [5.74, 6) is -0.181. The molecular formula is C11H13N3O2. The van der Waals surface area contributed by atoms with Crippen LogP contribution in [0.3, 0.4) is 0 Å². The number of nitrogens with one attached hydrogen (secondary N) is 1. The number of aromatic nitrogens is 1. The zero-order valence-electron chi connectivity index (χ0n) is 9.06. The molecule has 0 spiro atoms. The predicted molar refractivity (Wildman–Crippen MR) is 59.0 cm³/mol. The summed E-state index contributed by atoms with van der Waals surface area (Å²) in [6, 6.07) is 3.63. The van der Waals surface area contributed by atoms with Crippen LogP contribution in [0.5, 0.6) is 0 Å². The van der Waals surface area contributed by atoms with Gasteiger partial charge >= 0.3 is 0 Å². The Kier molecular flexibility index (Phi) is 2.85.